The van der Waals surface area contributed by atoms with Gasteiger partial charge in [-0.05, 0) is 56.2 Å². The molecule has 178 valence electrons. The van der Waals surface area contributed by atoms with Crippen LogP contribution in [-0.2, 0) is 20.9 Å². The first-order valence-electron chi connectivity index (χ1n) is 11.3. The molecule has 9 heteroatoms. The van der Waals surface area contributed by atoms with Crippen molar-refractivity contribution in [3.05, 3.63) is 29.8 Å². The smallest absolute Gasteiger partial charge is 0.407 e. The number of benzene rings is 1. The number of carbonyl (C=O) groups is 3. The molecule has 32 heavy (non-hydrogen) atoms. The molecule has 2 unspecified atom stereocenters. The number of amides is 3. The SMILES string of the molecule is CC(=O)CCCCCNC(=O)OCc1ccc(NC2OC2[C@@H](C)CCCNC(N)=O)cc1. The maximum Gasteiger partial charge on any atom is 0.407 e. The fourth-order valence-corrected chi connectivity index (χ4v) is 3.40. The van der Waals surface area contributed by atoms with E-state index >= 15 is 0 Å². The van der Waals surface area contributed by atoms with Gasteiger partial charge in [0.15, 0.2) is 6.23 Å². The molecule has 1 fully saturated rings. The van der Waals surface area contributed by atoms with Gasteiger partial charge in [0.1, 0.15) is 18.5 Å². The zero-order chi connectivity index (χ0) is 23.3. The van der Waals surface area contributed by atoms with Crippen molar-refractivity contribution in [1.82, 2.24) is 10.6 Å². The Labute approximate surface area is 189 Å². The van der Waals surface area contributed by atoms with Gasteiger partial charge in [0.2, 0.25) is 0 Å². The van der Waals surface area contributed by atoms with Gasteiger partial charge >= 0.3 is 12.1 Å². The number of alkyl carbamates (subject to hydrolysis) is 1. The summed E-state index contributed by atoms with van der Waals surface area (Å²) in [5.41, 5.74) is 6.90. The van der Waals surface area contributed by atoms with Crippen LogP contribution in [0.15, 0.2) is 24.3 Å². The third-order valence-corrected chi connectivity index (χ3v) is 5.33. The number of epoxide rings is 1. The fraction of sp³-hybridized carbons (Fsp3) is 0.609. The number of nitrogens with two attached hydrogens (primary N) is 1. The molecule has 9 nitrogen and oxygen atoms in total. The van der Waals surface area contributed by atoms with Crippen LogP contribution < -0.4 is 21.7 Å². The summed E-state index contributed by atoms with van der Waals surface area (Å²) in [5, 5.41) is 8.66. The normalized spacial score (nSPS) is 17.8. The summed E-state index contributed by atoms with van der Waals surface area (Å²) < 4.78 is 11.0. The summed E-state index contributed by atoms with van der Waals surface area (Å²) in [5.74, 6) is 0.576. The van der Waals surface area contributed by atoms with E-state index in [0.29, 0.717) is 25.4 Å². The Hall–Kier alpha value is -2.81. The molecule has 1 saturated heterocycles. The third kappa shape index (κ3) is 10.5. The molecule has 0 aliphatic carbocycles. The quantitative estimate of drug-likeness (QED) is 0.240. The lowest BCUT2D eigenvalue weighted by Gasteiger charge is -2.10. The van der Waals surface area contributed by atoms with Gasteiger partial charge in [-0.15, -0.1) is 0 Å². The molecule has 1 aromatic rings. The molecule has 1 heterocycles. The number of ketones is 1. The molecule has 0 radical (unpaired) electrons. The summed E-state index contributed by atoms with van der Waals surface area (Å²) in [4.78, 5) is 33.3. The molecule has 1 aliphatic heterocycles. The van der Waals surface area contributed by atoms with Gasteiger partial charge in [-0.25, -0.2) is 9.59 Å². The fourth-order valence-electron chi connectivity index (χ4n) is 3.40. The maximum atomic E-state index is 11.8. The third-order valence-electron chi connectivity index (χ3n) is 5.33. The first-order chi connectivity index (χ1) is 15.3. The van der Waals surface area contributed by atoms with Crippen LogP contribution in [0, 0.1) is 5.92 Å². The Morgan fingerprint density at radius 2 is 1.78 bits per heavy atom. The first-order valence-corrected chi connectivity index (χ1v) is 11.3. The first kappa shape index (κ1) is 25.5. The molecule has 3 atom stereocenters. The zero-order valence-corrected chi connectivity index (χ0v) is 19.0. The van der Waals surface area contributed by atoms with Crippen LogP contribution in [0.3, 0.4) is 0 Å². The van der Waals surface area contributed by atoms with Gasteiger partial charge in [0.05, 0.1) is 0 Å². The number of nitrogens with one attached hydrogen (secondary N) is 3. The largest absolute Gasteiger partial charge is 0.445 e. The minimum Gasteiger partial charge on any atom is -0.445 e. The number of anilines is 1. The van der Waals surface area contributed by atoms with E-state index in [9.17, 15) is 14.4 Å². The van der Waals surface area contributed by atoms with Crippen molar-refractivity contribution in [3.63, 3.8) is 0 Å². The number of ether oxygens (including phenoxy) is 2. The van der Waals surface area contributed by atoms with Crippen molar-refractivity contribution in [3.8, 4) is 0 Å². The highest BCUT2D eigenvalue weighted by Gasteiger charge is 2.42. The van der Waals surface area contributed by atoms with Gasteiger partial charge in [0.25, 0.3) is 0 Å². The van der Waals surface area contributed by atoms with Crippen molar-refractivity contribution >= 4 is 23.6 Å². The van der Waals surface area contributed by atoms with E-state index in [2.05, 4.69) is 22.9 Å². The van der Waals surface area contributed by atoms with Crippen molar-refractivity contribution in [2.45, 2.75) is 71.3 Å². The zero-order valence-electron chi connectivity index (χ0n) is 19.0. The molecule has 5 N–H and O–H groups in total. The standard InChI is InChI=1S/C23H36N4O5/c1-16(7-6-14-25-22(24)29)20-21(32-20)27-19-11-9-18(10-12-19)15-31-23(30)26-13-5-3-4-8-17(2)28/h9-12,16,20-21,27H,3-8,13-15H2,1-2H3,(H,26,30)(H3,24,25,29)/t16-,20?,21?/m0/s1. The van der Waals surface area contributed by atoms with Gasteiger partial charge in [-0.1, -0.05) is 25.5 Å². The summed E-state index contributed by atoms with van der Waals surface area (Å²) in [7, 11) is 0. The molecule has 0 saturated carbocycles. The summed E-state index contributed by atoms with van der Waals surface area (Å²) in [6.07, 6.45) is 4.69. The Morgan fingerprint density at radius 3 is 2.47 bits per heavy atom. The molecule has 0 bridgehead atoms. The lowest BCUT2D eigenvalue weighted by Crippen LogP contribution is -2.30. The van der Waals surface area contributed by atoms with E-state index in [0.717, 1.165) is 43.4 Å². The van der Waals surface area contributed by atoms with Gasteiger partial charge in [-0.2, -0.15) is 0 Å². The minimum atomic E-state index is -0.494. The Kier molecular flexibility index (Phi) is 10.8. The number of primary amides is 1. The molecular formula is C23H36N4O5. The van der Waals surface area contributed by atoms with Gasteiger partial charge < -0.3 is 36.0 Å². The topological polar surface area (TPSA) is 135 Å². The molecule has 0 aromatic heterocycles. The number of carbonyl (C=O) groups excluding carboxylic acids is 3. The van der Waals surface area contributed by atoms with E-state index in [4.69, 9.17) is 15.2 Å². The highest BCUT2D eigenvalue weighted by molar-refractivity contribution is 5.75. The lowest BCUT2D eigenvalue weighted by molar-refractivity contribution is -0.117. The van der Waals surface area contributed by atoms with E-state index in [1.165, 1.54) is 0 Å². The Morgan fingerprint density at radius 1 is 1.06 bits per heavy atom. The van der Waals surface area contributed by atoms with Crippen molar-refractivity contribution in [2.75, 3.05) is 18.4 Å². The number of unbranched alkanes of at least 4 members (excludes halogenated alkanes) is 2. The number of Topliss-reactive ketones (excluding diaryl/α,β-unsaturated/α-hetero) is 1. The van der Waals surface area contributed by atoms with Crippen molar-refractivity contribution in [1.29, 1.82) is 0 Å². The van der Waals surface area contributed by atoms with E-state index in [1.807, 2.05) is 24.3 Å². The number of hydrogen-bond acceptors (Lipinski definition) is 6. The average molecular weight is 449 g/mol. The number of rotatable bonds is 15. The van der Waals surface area contributed by atoms with Crippen LogP contribution in [0.5, 0.6) is 0 Å². The predicted octanol–water partition coefficient (Wildman–Crippen LogP) is 3.28. The molecule has 2 rings (SSSR count). The van der Waals surface area contributed by atoms with E-state index in [1.54, 1.807) is 6.92 Å². The van der Waals surface area contributed by atoms with Crippen LogP contribution in [0.25, 0.3) is 0 Å². The average Bonchev–Trinajstić information content (AvgIpc) is 3.52. The molecule has 3 amide bonds. The second kappa shape index (κ2) is 13.6. The van der Waals surface area contributed by atoms with Crippen LogP contribution in [0.4, 0.5) is 15.3 Å². The van der Waals surface area contributed by atoms with E-state index < -0.39 is 12.1 Å². The monoisotopic (exact) mass is 448 g/mol. The minimum absolute atomic E-state index is 0.0163. The molecular weight excluding hydrogens is 412 g/mol. The van der Waals surface area contributed by atoms with Crippen LogP contribution in [0.1, 0.15) is 57.9 Å². The summed E-state index contributed by atoms with van der Waals surface area (Å²) in [6, 6.07) is 7.20. The van der Waals surface area contributed by atoms with Crippen LogP contribution in [0.2, 0.25) is 0 Å². The lowest BCUT2D eigenvalue weighted by atomic mass is 10.0. The van der Waals surface area contributed by atoms with Gasteiger partial charge in [0, 0.05) is 25.2 Å². The highest BCUT2D eigenvalue weighted by atomic mass is 16.6. The second-order valence-electron chi connectivity index (χ2n) is 8.29. The Bertz CT molecular complexity index is 740. The van der Waals surface area contributed by atoms with Crippen molar-refractivity contribution < 1.29 is 23.9 Å². The van der Waals surface area contributed by atoms with Crippen LogP contribution in [-0.4, -0.2) is 43.3 Å². The predicted molar refractivity (Wildman–Crippen MR) is 122 cm³/mol. The maximum absolute atomic E-state index is 11.8. The highest BCUT2D eigenvalue weighted by Crippen LogP contribution is 2.32. The van der Waals surface area contributed by atoms with Crippen LogP contribution >= 0.6 is 0 Å². The number of urea groups is 1. The second-order valence-corrected chi connectivity index (χ2v) is 8.29. The Balaban J connectivity index is 1.57. The van der Waals surface area contributed by atoms with Gasteiger partial charge in [-0.3, -0.25) is 0 Å². The molecule has 1 aliphatic rings. The summed E-state index contributed by atoms with van der Waals surface area (Å²) in [6.45, 7) is 5.05. The number of hydrogen-bond donors (Lipinski definition) is 4. The van der Waals surface area contributed by atoms with E-state index in [-0.39, 0.29) is 24.7 Å². The molecule has 0 spiro atoms. The summed E-state index contributed by atoms with van der Waals surface area (Å²) >= 11 is 0. The molecule has 1 aromatic carbocycles. The van der Waals surface area contributed by atoms with Crippen molar-refractivity contribution in [2.24, 2.45) is 11.7 Å².